The van der Waals surface area contributed by atoms with Gasteiger partial charge in [-0.3, -0.25) is 9.98 Å². The van der Waals surface area contributed by atoms with Gasteiger partial charge in [-0.1, -0.05) is 31.9 Å². The molecule has 2 rings (SSSR count). The van der Waals surface area contributed by atoms with Crippen LogP contribution < -0.4 is 0 Å². The number of halogens is 4. The molecule has 0 bridgehead atoms. The summed E-state index contributed by atoms with van der Waals surface area (Å²) in [5.74, 6) is -5.45. The molecule has 2 atom stereocenters. The topological polar surface area (TPSA) is 214 Å². The summed E-state index contributed by atoms with van der Waals surface area (Å²) >= 11 is 13.2. The molecule has 0 aliphatic carbocycles. The Morgan fingerprint density at radius 3 is 1.11 bits per heavy atom. The SMILES string of the molecule is C[N+](C)(C)CCCCC(N=Cc1c(O)cc(Br)cc1Br)C(=O)O.C[N+](C)(C)CCCCC(N=Cc1c(O)cc(Br)cc1Br)C(=O)O.O=C(O)C(=O)O.[Pt+4].[Pt+4]. The molecule has 0 aromatic heterocycles. The van der Waals surface area contributed by atoms with Crippen LogP contribution in [0.2, 0.25) is 0 Å². The average molecular weight is 1380 g/mol. The average Bonchev–Trinajstić information content (AvgIpc) is 2.97. The van der Waals surface area contributed by atoms with Crippen LogP contribution in [0.4, 0.5) is 0 Å². The van der Waals surface area contributed by atoms with E-state index >= 15 is 0 Å². The van der Waals surface area contributed by atoms with Crippen molar-refractivity contribution in [2.75, 3.05) is 55.4 Å². The minimum absolute atomic E-state index is 0. The number of rotatable bonds is 16. The Kier molecular flexibility index (Phi) is 29.4. The smallest absolute Gasteiger partial charge is 0.507 e. The maximum atomic E-state index is 11.3. The quantitative estimate of drug-likeness (QED) is 0.0466. The Morgan fingerprint density at radius 1 is 0.593 bits per heavy atom. The van der Waals surface area contributed by atoms with Crippen molar-refractivity contribution in [3.63, 3.8) is 0 Å². The molecule has 0 heterocycles. The number of aliphatic carboxylic acids is 4. The third kappa shape index (κ3) is 26.4. The van der Waals surface area contributed by atoms with Gasteiger partial charge >= 0.3 is 66.0 Å². The zero-order chi connectivity index (χ0) is 40.4. The van der Waals surface area contributed by atoms with Gasteiger partial charge in [0.15, 0.2) is 0 Å². The Balaban J connectivity index is -0.000000810. The fraction of sp³-hybridized carbons (Fsp3) is 0.471. The zero-order valence-corrected chi connectivity index (χ0v) is 41.4. The number of carbonyl (C=O) groups is 4. The van der Waals surface area contributed by atoms with Gasteiger partial charge in [-0.15, -0.1) is 0 Å². The molecular formula is C34H48Br4N4O10Pt2+10. The van der Waals surface area contributed by atoms with E-state index in [-0.39, 0.29) is 53.6 Å². The summed E-state index contributed by atoms with van der Waals surface area (Å²) < 4.78 is 4.49. The van der Waals surface area contributed by atoms with Crippen molar-refractivity contribution in [1.29, 1.82) is 0 Å². The molecule has 2 aromatic rings. The minimum Gasteiger partial charge on any atom is -0.507 e. The second-order valence-electron chi connectivity index (χ2n) is 13.5. The summed E-state index contributed by atoms with van der Waals surface area (Å²) in [6, 6.07) is 5.05. The van der Waals surface area contributed by atoms with Crippen LogP contribution in [0.15, 0.2) is 52.1 Å². The van der Waals surface area contributed by atoms with Gasteiger partial charge in [-0.05, 0) is 94.7 Å². The first-order chi connectivity index (χ1) is 23.8. The van der Waals surface area contributed by atoms with E-state index in [1.54, 1.807) is 24.3 Å². The predicted octanol–water partition coefficient (Wildman–Crippen LogP) is 6.48. The van der Waals surface area contributed by atoms with E-state index in [0.29, 0.717) is 32.9 Å². The van der Waals surface area contributed by atoms with Crippen molar-refractivity contribution >= 4 is 100 Å². The molecule has 0 amide bonds. The van der Waals surface area contributed by atoms with Gasteiger partial charge in [0.25, 0.3) is 0 Å². The van der Waals surface area contributed by atoms with Gasteiger partial charge in [0, 0.05) is 41.4 Å². The number of quaternary nitrogens is 2. The molecule has 302 valence electrons. The number of carboxylic acids is 4. The van der Waals surface area contributed by atoms with E-state index in [1.807, 2.05) is 0 Å². The van der Waals surface area contributed by atoms with Crippen molar-refractivity contribution in [3.8, 4) is 11.5 Å². The summed E-state index contributed by atoms with van der Waals surface area (Å²) in [4.78, 5) is 49.2. The van der Waals surface area contributed by atoms with Crippen molar-refractivity contribution in [1.82, 2.24) is 0 Å². The molecule has 2 aromatic carbocycles. The van der Waals surface area contributed by atoms with E-state index in [9.17, 15) is 30.0 Å². The number of hydrogen-bond acceptors (Lipinski definition) is 8. The number of benzene rings is 2. The molecular weight excluding hydrogens is 1330 g/mol. The predicted molar refractivity (Wildman–Crippen MR) is 214 cm³/mol. The second-order valence-corrected chi connectivity index (χ2v) is 17.1. The molecule has 0 spiro atoms. The number of nitrogens with zero attached hydrogens (tertiary/aromatic N) is 4. The van der Waals surface area contributed by atoms with Crippen LogP contribution in [0.3, 0.4) is 0 Å². The van der Waals surface area contributed by atoms with Crippen LogP contribution >= 0.6 is 63.7 Å². The van der Waals surface area contributed by atoms with Gasteiger partial charge in [0.1, 0.15) is 23.6 Å². The van der Waals surface area contributed by atoms with Crippen LogP contribution in [0.1, 0.15) is 49.7 Å². The van der Waals surface area contributed by atoms with Gasteiger partial charge in [-0.2, -0.15) is 0 Å². The number of aromatic hydroxyl groups is 2. The Bertz CT molecular complexity index is 1430. The van der Waals surface area contributed by atoms with E-state index < -0.39 is 36.0 Å². The van der Waals surface area contributed by atoms with Crippen LogP contribution in [0.25, 0.3) is 0 Å². The molecule has 2 unspecified atom stereocenters. The van der Waals surface area contributed by atoms with Crippen molar-refractivity contribution in [3.05, 3.63) is 53.3 Å². The van der Waals surface area contributed by atoms with Crippen LogP contribution in [-0.4, -0.2) is 143 Å². The Morgan fingerprint density at radius 2 is 0.889 bits per heavy atom. The Labute approximate surface area is 378 Å². The number of phenolic OH excluding ortho intramolecular Hbond substituents is 2. The fourth-order valence-electron chi connectivity index (χ4n) is 4.10. The molecule has 6 N–H and O–H groups in total. The first-order valence-electron chi connectivity index (χ1n) is 15.8. The van der Waals surface area contributed by atoms with Crippen molar-refractivity contribution in [2.24, 2.45) is 9.98 Å². The van der Waals surface area contributed by atoms with Crippen LogP contribution in [0, 0.1) is 0 Å². The molecule has 14 nitrogen and oxygen atoms in total. The Hall–Kier alpha value is -1.52. The molecule has 0 aliphatic rings. The number of carboxylic acid groups (broad SMARTS) is 4. The maximum Gasteiger partial charge on any atom is 4.00 e. The van der Waals surface area contributed by atoms with Gasteiger partial charge in [-0.25, -0.2) is 19.2 Å². The molecule has 0 radical (unpaired) electrons. The summed E-state index contributed by atoms with van der Waals surface area (Å²) in [7, 11) is 12.7. The molecule has 20 heteroatoms. The van der Waals surface area contributed by atoms with Crippen molar-refractivity contribution < 1.29 is 101 Å². The van der Waals surface area contributed by atoms with E-state index in [4.69, 9.17) is 19.8 Å². The molecule has 0 fully saturated rings. The van der Waals surface area contributed by atoms with E-state index in [1.165, 1.54) is 12.4 Å². The summed E-state index contributed by atoms with van der Waals surface area (Å²) in [6.07, 6.45) is 7.33. The normalized spacial score (nSPS) is 12.3. The second kappa shape index (κ2) is 28.0. The number of phenols is 2. The molecule has 0 saturated carbocycles. The molecule has 54 heavy (non-hydrogen) atoms. The summed E-state index contributed by atoms with van der Waals surface area (Å²) in [5, 5.41) is 53.2. The van der Waals surface area contributed by atoms with Gasteiger partial charge in [0.2, 0.25) is 0 Å². The van der Waals surface area contributed by atoms with Crippen molar-refractivity contribution in [2.45, 2.75) is 50.6 Å². The monoisotopic (exact) mass is 1380 g/mol. The number of aliphatic imine (C=N–C) groups is 2. The van der Waals surface area contributed by atoms with Gasteiger partial charge in [0.05, 0.1) is 55.4 Å². The summed E-state index contributed by atoms with van der Waals surface area (Å²) in [6.45, 7) is 1.99. The maximum absolute atomic E-state index is 11.3. The van der Waals surface area contributed by atoms with E-state index in [2.05, 4.69) is 116 Å². The van der Waals surface area contributed by atoms with Crippen LogP contribution in [-0.2, 0) is 61.3 Å². The van der Waals surface area contributed by atoms with Crippen LogP contribution in [0.5, 0.6) is 11.5 Å². The third-order valence-electron chi connectivity index (χ3n) is 6.78. The minimum atomic E-state index is -1.82. The molecule has 0 aliphatic heterocycles. The first kappa shape index (κ1) is 56.8. The van der Waals surface area contributed by atoms with E-state index in [0.717, 1.165) is 56.7 Å². The molecule has 0 saturated heterocycles. The third-order valence-corrected chi connectivity index (χ3v) is 9.01. The fourth-order valence-corrected chi connectivity index (χ4v) is 6.71. The summed E-state index contributed by atoms with van der Waals surface area (Å²) in [5.41, 5.74) is 0.955. The number of hydrogen-bond donors (Lipinski definition) is 6. The number of unbranched alkanes of at least 4 members (excludes halogenated alkanes) is 2. The first-order valence-corrected chi connectivity index (χ1v) is 19.0. The largest absolute Gasteiger partial charge is 4.00 e. The standard InChI is InChI=1S/2C16H22Br2N2O3.C2H2O4.2Pt/c2*1-20(2,3)7-5-4-6-14(16(22)23)19-10-12-13(18)8-11(17)9-15(12)21;3-1(4)2(5)6;;/h2*8-10,14H,4-7H2,1-3H3,(H-,19,21,22,23);(H,3,4)(H,5,6);;/q;;;2*+4/p+2. The zero-order valence-electron chi connectivity index (χ0n) is 30.5. The van der Waals surface area contributed by atoms with Gasteiger partial charge < -0.3 is 39.6 Å².